The van der Waals surface area contributed by atoms with Crippen LogP contribution >= 0.6 is 0 Å². The van der Waals surface area contributed by atoms with Gasteiger partial charge in [-0.15, -0.1) is 0 Å². The highest BCUT2D eigenvalue weighted by Gasteiger charge is 2.59. The SMILES string of the molecule is CC1(C)C(Nc2c(F)cc(F)cc2F)C2CCOC21. The number of fused-ring (bicyclic) bond motifs is 1. The number of halogens is 3. The van der Waals surface area contributed by atoms with Crippen molar-refractivity contribution in [2.75, 3.05) is 11.9 Å². The number of hydrogen-bond donors (Lipinski definition) is 1. The van der Waals surface area contributed by atoms with Crippen molar-refractivity contribution in [1.29, 1.82) is 0 Å². The lowest BCUT2D eigenvalue weighted by atomic mass is 9.57. The van der Waals surface area contributed by atoms with Gasteiger partial charge in [0.1, 0.15) is 11.5 Å². The Morgan fingerprint density at radius 1 is 1.21 bits per heavy atom. The molecule has 1 aliphatic heterocycles. The van der Waals surface area contributed by atoms with Crippen molar-refractivity contribution in [2.24, 2.45) is 11.3 Å². The second-order valence-electron chi connectivity index (χ2n) is 5.93. The number of hydrogen-bond acceptors (Lipinski definition) is 2. The van der Waals surface area contributed by atoms with E-state index in [1.54, 1.807) is 0 Å². The fourth-order valence-electron chi connectivity index (χ4n) is 3.45. The summed E-state index contributed by atoms with van der Waals surface area (Å²) in [6.07, 6.45) is 1.02. The Labute approximate surface area is 109 Å². The van der Waals surface area contributed by atoms with Crippen LogP contribution in [0.5, 0.6) is 0 Å². The Bertz CT molecular complexity index is 494. The largest absolute Gasteiger partial charge is 0.377 e. The zero-order valence-corrected chi connectivity index (χ0v) is 10.8. The van der Waals surface area contributed by atoms with Crippen molar-refractivity contribution in [3.63, 3.8) is 0 Å². The molecule has 2 fully saturated rings. The molecular weight excluding hydrogens is 255 g/mol. The minimum Gasteiger partial charge on any atom is -0.377 e. The van der Waals surface area contributed by atoms with E-state index >= 15 is 0 Å². The van der Waals surface area contributed by atoms with Crippen LogP contribution in [-0.4, -0.2) is 18.8 Å². The Hall–Kier alpha value is -1.23. The normalized spacial score (nSPS) is 31.7. The summed E-state index contributed by atoms with van der Waals surface area (Å²) < 4.78 is 45.8. The Morgan fingerprint density at radius 3 is 2.47 bits per heavy atom. The van der Waals surface area contributed by atoms with Crippen molar-refractivity contribution in [3.05, 3.63) is 29.6 Å². The Morgan fingerprint density at radius 2 is 1.84 bits per heavy atom. The maximum atomic E-state index is 13.7. The van der Waals surface area contributed by atoms with Gasteiger partial charge in [-0.05, 0) is 6.42 Å². The molecule has 1 N–H and O–H groups in total. The van der Waals surface area contributed by atoms with E-state index in [1.165, 1.54) is 0 Å². The number of benzene rings is 1. The zero-order chi connectivity index (χ0) is 13.8. The van der Waals surface area contributed by atoms with Crippen LogP contribution in [-0.2, 0) is 4.74 Å². The highest BCUT2D eigenvalue weighted by atomic mass is 19.1. The van der Waals surface area contributed by atoms with Crippen LogP contribution in [0.4, 0.5) is 18.9 Å². The van der Waals surface area contributed by atoms with Crippen LogP contribution in [0.25, 0.3) is 0 Å². The van der Waals surface area contributed by atoms with Crippen LogP contribution in [0.2, 0.25) is 0 Å². The van der Waals surface area contributed by atoms with Crippen LogP contribution in [0.15, 0.2) is 12.1 Å². The summed E-state index contributed by atoms with van der Waals surface area (Å²) in [7, 11) is 0. The molecule has 104 valence electrons. The van der Waals surface area contributed by atoms with Gasteiger partial charge < -0.3 is 10.1 Å². The van der Waals surface area contributed by atoms with E-state index in [1.807, 2.05) is 13.8 Å². The first-order valence-electron chi connectivity index (χ1n) is 6.44. The highest BCUT2D eigenvalue weighted by Crippen LogP contribution is 2.53. The number of anilines is 1. The molecular formula is C14H16F3NO. The van der Waals surface area contributed by atoms with Gasteiger partial charge in [0.2, 0.25) is 0 Å². The predicted molar refractivity (Wildman–Crippen MR) is 65.4 cm³/mol. The van der Waals surface area contributed by atoms with Gasteiger partial charge in [0.05, 0.1) is 6.10 Å². The second kappa shape index (κ2) is 4.13. The average Bonchev–Trinajstić information content (AvgIpc) is 2.74. The average molecular weight is 271 g/mol. The maximum absolute atomic E-state index is 13.7. The van der Waals surface area contributed by atoms with Crippen molar-refractivity contribution in [1.82, 2.24) is 0 Å². The molecule has 2 aliphatic rings. The van der Waals surface area contributed by atoms with Gasteiger partial charge in [0.15, 0.2) is 11.6 Å². The first kappa shape index (κ1) is 12.8. The third-order valence-corrected chi connectivity index (χ3v) is 4.41. The highest BCUT2D eigenvalue weighted by molar-refractivity contribution is 5.49. The minimum atomic E-state index is -0.907. The molecule has 19 heavy (non-hydrogen) atoms. The summed E-state index contributed by atoms with van der Waals surface area (Å²) >= 11 is 0. The van der Waals surface area contributed by atoms with E-state index in [9.17, 15) is 13.2 Å². The van der Waals surface area contributed by atoms with Crippen LogP contribution in [0.3, 0.4) is 0 Å². The van der Waals surface area contributed by atoms with Crippen molar-refractivity contribution in [2.45, 2.75) is 32.4 Å². The van der Waals surface area contributed by atoms with E-state index in [4.69, 9.17) is 4.74 Å². The van der Waals surface area contributed by atoms with Gasteiger partial charge in [-0.3, -0.25) is 0 Å². The first-order valence-corrected chi connectivity index (χ1v) is 6.44. The molecule has 1 saturated carbocycles. The summed E-state index contributed by atoms with van der Waals surface area (Å²) in [5.41, 5.74) is -0.432. The lowest BCUT2D eigenvalue weighted by molar-refractivity contribution is -0.0924. The van der Waals surface area contributed by atoms with E-state index in [0.29, 0.717) is 18.7 Å². The molecule has 3 unspecified atom stereocenters. The minimum absolute atomic E-state index is 0.0607. The molecule has 0 bridgehead atoms. The molecule has 3 rings (SSSR count). The predicted octanol–water partition coefficient (Wildman–Crippen LogP) is 3.33. The molecule has 1 aromatic carbocycles. The quantitative estimate of drug-likeness (QED) is 0.891. The van der Waals surface area contributed by atoms with E-state index in [2.05, 4.69) is 5.32 Å². The topological polar surface area (TPSA) is 21.3 Å². The summed E-state index contributed by atoms with van der Waals surface area (Å²) in [6, 6.07) is 1.33. The van der Waals surface area contributed by atoms with Crippen molar-refractivity contribution >= 4 is 5.69 Å². The number of nitrogens with one attached hydrogen (secondary N) is 1. The van der Waals surface area contributed by atoms with Crippen molar-refractivity contribution in [3.8, 4) is 0 Å². The van der Waals surface area contributed by atoms with E-state index in [0.717, 1.165) is 6.42 Å². The molecule has 0 amide bonds. The fourth-order valence-corrected chi connectivity index (χ4v) is 3.45. The summed E-state index contributed by atoms with van der Waals surface area (Å²) in [5.74, 6) is -2.43. The van der Waals surface area contributed by atoms with Gasteiger partial charge in [-0.2, -0.15) is 0 Å². The monoisotopic (exact) mass is 271 g/mol. The lowest BCUT2D eigenvalue weighted by Crippen LogP contribution is -2.63. The molecule has 0 spiro atoms. The molecule has 0 radical (unpaired) electrons. The van der Waals surface area contributed by atoms with Crippen molar-refractivity contribution < 1.29 is 17.9 Å². The van der Waals surface area contributed by atoms with Gasteiger partial charge in [0.25, 0.3) is 0 Å². The molecule has 1 heterocycles. The Kier molecular flexibility index (Phi) is 2.78. The van der Waals surface area contributed by atoms with Crippen LogP contribution in [0.1, 0.15) is 20.3 Å². The zero-order valence-electron chi connectivity index (χ0n) is 10.8. The van der Waals surface area contributed by atoms with E-state index in [-0.39, 0.29) is 29.2 Å². The molecule has 2 nitrogen and oxygen atoms in total. The van der Waals surface area contributed by atoms with Gasteiger partial charge >= 0.3 is 0 Å². The summed E-state index contributed by atoms with van der Waals surface area (Å²) in [5, 5.41) is 2.91. The number of ether oxygens (including phenoxy) is 1. The number of rotatable bonds is 2. The smallest absolute Gasteiger partial charge is 0.152 e. The van der Waals surface area contributed by atoms with Crippen LogP contribution < -0.4 is 5.32 Å². The third kappa shape index (κ3) is 1.83. The third-order valence-electron chi connectivity index (χ3n) is 4.41. The first-order chi connectivity index (χ1) is 8.91. The molecule has 0 aromatic heterocycles. The maximum Gasteiger partial charge on any atom is 0.152 e. The molecule has 1 saturated heterocycles. The molecule has 1 aromatic rings. The van der Waals surface area contributed by atoms with Gasteiger partial charge in [-0.1, -0.05) is 13.8 Å². The van der Waals surface area contributed by atoms with E-state index < -0.39 is 17.5 Å². The summed E-state index contributed by atoms with van der Waals surface area (Å²) in [4.78, 5) is 0. The van der Waals surface area contributed by atoms with Gasteiger partial charge in [0, 0.05) is 36.1 Å². The lowest BCUT2D eigenvalue weighted by Gasteiger charge is -2.55. The fraction of sp³-hybridized carbons (Fsp3) is 0.571. The standard InChI is InChI=1S/C14H16F3NO/c1-14(2)12(8-3-4-19-13(8)14)18-11-9(16)5-7(15)6-10(11)17/h5-6,8,12-13,18H,3-4H2,1-2H3. The Balaban J connectivity index is 1.86. The van der Waals surface area contributed by atoms with Gasteiger partial charge in [-0.25, -0.2) is 13.2 Å². The molecule has 3 atom stereocenters. The summed E-state index contributed by atoms with van der Waals surface area (Å²) in [6.45, 7) is 4.71. The van der Waals surface area contributed by atoms with Crippen LogP contribution in [0, 0.1) is 28.8 Å². The second-order valence-corrected chi connectivity index (χ2v) is 5.93. The molecule has 1 aliphatic carbocycles. The molecule has 5 heteroatoms.